The van der Waals surface area contributed by atoms with Gasteiger partial charge >= 0.3 is 0 Å². The summed E-state index contributed by atoms with van der Waals surface area (Å²) in [4.78, 5) is 25.0. The van der Waals surface area contributed by atoms with Gasteiger partial charge in [-0.1, -0.05) is 30.3 Å². The summed E-state index contributed by atoms with van der Waals surface area (Å²) in [5.41, 5.74) is 2.29. The van der Waals surface area contributed by atoms with Crippen LogP contribution in [0.4, 0.5) is 11.4 Å². The first-order chi connectivity index (χ1) is 13.7. The van der Waals surface area contributed by atoms with Crippen LogP contribution in [0.5, 0.6) is 0 Å². The van der Waals surface area contributed by atoms with Gasteiger partial charge < -0.3 is 15.1 Å². The molecule has 138 valence electrons. The topological polar surface area (TPSA) is 100 Å². The zero-order valence-electron chi connectivity index (χ0n) is 14.7. The zero-order chi connectivity index (χ0) is 19.3. The van der Waals surface area contributed by atoms with Crippen molar-refractivity contribution in [1.29, 1.82) is 0 Å². The molecule has 4 rings (SSSR count). The fraction of sp³-hybridized carbons (Fsp3) is 0. The Labute approximate surface area is 160 Å². The number of aromatic nitrogens is 2. The number of carbonyl (C=O) groups is 2. The minimum atomic E-state index is -0.407. The summed E-state index contributed by atoms with van der Waals surface area (Å²) in [5.74, 6) is -0.0836. The van der Waals surface area contributed by atoms with Crippen LogP contribution < -0.4 is 10.6 Å². The number of hydrogen-bond acceptors (Lipinski definition) is 4. The normalized spacial score (nSPS) is 10.4. The van der Waals surface area contributed by atoms with Crippen molar-refractivity contribution in [2.45, 2.75) is 0 Å². The third-order valence-electron chi connectivity index (χ3n) is 4.06. The molecule has 2 amide bonds. The van der Waals surface area contributed by atoms with Crippen molar-refractivity contribution >= 4 is 23.2 Å². The summed E-state index contributed by atoms with van der Waals surface area (Å²) < 4.78 is 5.29. The largest absolute Gasteiger partial charge is 0.463 e. The lowest BCUT2D eigenvalue weighted by Gasteiger charge is -2.11. The molecule has 3 N–H and O–H groups in total. The van der Waals surface area contributed by atoms with Gasteiger partial charge in [-0.25, -0.2) is 0 Å². The van der Waals surface area contributed by atoms with Gasteiger partial charge in [-0.05, 0) is 36.4 Å². The second-order valence-corrected chi connectivity index (χ2v) is 5.96. The first kappa shape index (κ1) is 17.3. The third-order valence-corrected chi connectivity index (χ3v) is 4.06. The fourth-order valence-corrected chi connectivity index (χ4v) is 2.67. The molecular formula is C21H16N4O3. The van der Waals surface area contributed by atoms with Crippen LogP contribution in [-0.2, 0) is 0 Å². The molecule has 0 saturated heterocycles. The van der Waals surface area contributed by atoms with E-state index < -0.39 is 5.91 Å². The number of nitrogens with zero attached hydrogens (tertiary/aromatic N) is 1. The molecule has 0 aliphatic carbocycles. The number of nitrogens with one attached hydrogen (secondary N) is 3. The quantitative estimate of drug-likeness (QED) is 0.489. The van der Waals surface area contributed by atoms with Gasteiger partial charge in [0.2, 0.25) is 0 Å². The molecular weight excluding hydrogens is 356 g/mol. The van der Waals surface area contributed by atoms with Crippen molar-refractivity contribution in [3.8, 4) is 11.5 Å². The molecule has 0 aliphatic rings. The summed E-state index contributed by atoms with van der Waals surface area (Å²) >= 11 is 0. The van der Waals surface area contributed by atoms with Crippen LogP contribution in [0, 0.1) is 0 Å². The molecule has 0 spiro atoms. The monoisotopic (exact) mass is 372 g/mol. The van der Waals surface area contributed by atoms with Crippen LogP contribution in [-0.4, -0.2) is 22.0 Å². The van der Waals surface area contributed by atoms with E-state index >= 15 is 0 Å². The first-order valence-corrected chi connectivity index (χ1v) is 8.57. The maximum Gasteiger partial charge on any atom is 0.276 e. The maximum absolute atomic E-state index is 12.6. The standard InChI is InChI=1S/C21H16N4O3/c26-20(14-7-2-1-3-8-14)22-15-9-4-5-10-16(15)23-21(27)18-13-17(24-25-18)19-11-6-12-28-19/h1-13H,(H,22,26)(H,23,27)(H,24,25). The van der Waals surface area contributed by atoms with E-state index in [1.165, 1.54) is 0 Å². The Kier molecular flexibility index (Phi) is 4.71. The lowest BCUT2D eigenvalue weighted by Crippen LogP contribution is -2.17. The lowest BCUT2D eigenvalue weighted by atomic mass is 10.2. The Balaban J connectivity index is 1.51. The van der Waals surface area contributed by atoms with Crippen molar-refractivity contribution in [2.24, 2.45) is 0 Å². The van der Waals surface area contributed by atoms with Gasteiger partial charge in [-0.3, -0.25) is 14.7 Å². The smallest absolute Gasteiger partial charge is 0.276 e. The summed E-state index contributed by atoms with van der Waals surface area (Å²) in [5, 5.41) is 12.4. The number of para-hydroxylation sites is 2. The van der Waals surface area contributed by atoms with Gasteiger partial charge in [0.05, 0.1) is 17.6 Å². The van der Waals surface area contributed by atoms with Crippen molar-refractivity contribution in [3.05, 3.63) is 90.3 Å². The number of anilines is 2. The molecule has 0 unspecified atom stereocenters. The van der Waals surface area contributed by atoms with Crippen molar-refractivity contribution in [2.75, 3.05) is 10.6 Å². The van der Waals surface area contributed by atoms with E-state index in [1.807, 2.05) is 6.07 Å². The molecule has 0 aliphatic heterocycles. The third kappa shape index (κ3) is 3.68. The highest BCUT2D eigenvalue weighted by atomic mass is 16.3. The Morgan fingerprint density at radius 3 is 2.18 bits per heavy atom. The highest BCUT2D eigenvalue weighted by molar-refractivity contribution is 6.09. The summed E-state index contributed by atoms with van der Waals surface area (Å²) in [6.45, 7) is 0. The molecule has 0 radical (unpaired) electrons. The summed E-state index contributed by atoms with van der Waals surface area (Å²) in [6, 6.07) is 20.9. The molecule has 4 aromatic rings. The molecule has 7 nitrogen and oxygen atoms in total. The van der Waals surface area contributed by atoms with Crippen LogP contribution in [0.3, 0.4) is 0 Å². The minimum absolute atomic E-state index is 0.204. The summed E-state index contributed by atoms with van der Waals surface area (Å²) in [6.07, 6.45) is 1.54. The van der Waals surface area contributed by atoms with E-state index in [1.54, 1.807) is 73.0 Å². The molecule has 2 heterocycles. The second kappa shape index (κ2) is 7.63. The number of H-pyrrole nitrogens is 1. The zero-order valence-corrected chi connectivity index (χ0v) is 14.7. The minimum Gasteiger partial charge on any atom is -0.463 e. The van der Waals surface area contributed by atoms with Gasteiger partial charge in [0.1, 0.15) is 5.69 Å². The van der Waals surface area contributed by atoms with E-state index in [0.29, 0.717) is 28.4 Å². The van der Waals surface area contributed by atoms with Crippen LogP contribution in [0.15, 0.2) is 83.5 Å². The first-order valence-electron chi connectivity index (χ1n) is 8.57. The number of amides is 2. The summed E-state index contributed by atoms with van der Waals surface area (Å²) in [7, 11) is 0. The van der Waals surface area contributed by atoms with Crippen LogP contribution >= 0.6 is 0 Å². The van der Waals surface area contributed by atoms with Crippen molar-refractivity contribution in [1.82, 2.24) is 10.2 Å². The van der Waals surface area contributed by atoms with Gasteiger partial charge in [0, 0.05) is 11.6 Å². The predicted molar refractivity (Wildman–Crippen MR) is 105 cm³/mol. The Morgan fingerprint density at radius 1 is 0.821 bits per heavy atom. The number of benzene rings is 2. The Bertz CT molecular complexity index is 1100. The Hall–Kier alpha value is -4.13. The molecule has 0 fully saturated rings. The number of carbonyl (C=O) groups excluding carboxylic acids is 2. The SMILES string of the molecule is O=C(Nc1ccccc1NC(=O)c1cc(-c2ccco2)[nH]n1)c1ccccc1. The van der Waals surface area contributed by atoms with Crippen LogP contribution in [0.1, 0.15) is 20.8 Å². The maximum atomic E-state index is 12.6. The van der Waals surface area contributed by atoms with Crippen molar-refractivity contribution in [3.63, 3.8) is 0 Å². The number of hydrogen-bond donors (Lipinski definition) is 3. The molecule has 2 aromatic heterocycles. The van der Waals surface area contributed by atoms with Crippen molar-refractivity contribution < 1.29 is 14.0 Å². The average Bonchev–Trinajstić information content (AvgIpc) is 3.42. The van der Waals surface area contributed by atoms with E-state index in [9.17, 15) is 9.59 Å². The van der Waals surface area contributed by atoms with Crippen LogP contribution in [0.25, 0.3) is 11.5 Å². The highest BCUT2D eigenvalue weighted by Crippen LogP contribution is 2.23. The van der Waals surface area contributed by atoms with E-state index in [0.717, 1.165) is 0 Å². The molecule has 0 bridgehead atoms. The number of furan rings is 1. The lowest BCUT2D eigenvalue weighted by molar-refractivity contribution is 0.101. The van der Waals surface area contributed by atoms with E-state index in [2.05, 4.69) is 20.8 Å². The van der Waals surface area contributed by atoms with Gasteiger partial charge in [0.25, 0.3) is 11.8 Å². The van der Waals surface area contributed by atoms with E-state index in [-0.39, 0.29) is 11.6 Å². The Morgan fingerprint density at radius 2 is 1.50 bits per heavy atom. The predicted octanol–water partition coefficient (Wildman–Crippen LogP) is 4.17. The molecule has 28 heavy (non-hydrogen) atoms. The molecule has 7 heteroatoms. The van der Waals surface area contributed by atoms with E-state index in [4.69, 9.17) is 4.42 Å². The molecule has 0 saturated carbocycles. The average molecular weight is 372 g/mol. The molecule has 0 atom stereocenters. The highest BCUT2D eigenvalue weighted by Gasteiger charge is 2.15. The number of rotatable bonds is 5. The molecule has 2 aromatic carbocycles. The number of aromatic amines is 1. The van der Waals surface area contributed by atoms with Crippen LogP contribution in [0.2, 0.25) is 0 Å². The second-order valence-electron chi connectivity index (χ2n) is 5.96. The van der Waals surface area contributed by atoms with Gasteiger partial charge in [-0.15, -0.1) is 0 Å². The van der Waals surface area contributed by atoms with Gasteiger partial charge in [0.15, 0.2) is 11.5 Å². The van der Waals surface area contributed by atoms with Gasteiger partial charge in [-0.2, -0.15) is 5.10 Å². The fourth-order valence-electron chi connectivity index (χ4n) is 2.67.